The van der Waals surface area contributed by atoms with E-state index < -0.39 is 5.60 Å². The highest BCUT2D eigenvalue weighted by molar-refractivity contribution is 5.80. The van der Waals surface area contributed by atoms with Crippen LogP contribution >= 0.6 is 0 Å². The van der Waals surface area contributed by atoms with Crippen LogP contribution in [0.5, 0.6) is 0 Å². The van der Waals surface area contributed by atoms with E-state index in [1.807, 2.05) is 13.8 Å². The summed E-state index contributed by atoms with van der Waals surface area (Å²) >= 11 is 0. The molecule has 2 aliphatic rings. The van der Waals surface area contributed by atoms with Gasteiger partial charge in [0.15, 0.2) is 0 Å². The third-order valence-electron chi connectivity index (χ3n) is 4.69. The fourth-order valence-electron chi connectivity index (χ4n) is 3.44. The predicted molar refractivity (Wildman–Crippen MR) is 79.3 cm³/mol. The lowest BCUT2D eigenvalue weighted by molar-refractivity contribution is -0.123. The van der Waals surface area contributed by atoms with Crippen LogP contribution in [0.3, 0.4) is 0 Å². The molecular formula is C15H29N3O2. The van der Waals surface area contributed by atoms with E-state index in [0.29, 0.717) is 6.04 Å². The van der Waals surface area contributed by atoms with Crippen molar-refractivity contribution in [2.24, 2.45) is 5.73 Å². The first-order valence-corrected chi connectivity index (χ1v) is 7.86. The first-order valence-electron chi connectivity index (χ1n) is 7.86. The number of nitrogens with two attached hydrogens (primary N) is 1. The van der Waals surface area contributed by atoms with Crippen molar-refractivity contribution in [3.63, 3.8) is 0 Å². The van der Waals surface area contributed by atoms with Crippen molar-refractivity contribution in [2.75, 3.05) is 26.2 Å². The maximum atomic E-state index is 11.5. The quantitative estimate of drug-likeness (QED) is 0.773. The number of piperidine rings is 1. The molecule has 2 aliphatic heterocycles. The zero-order chi connectivity index (χ0) is 14.8. The van der Waals surface area contributed by atoms with Gasteiger partial charge in [0, 0.05) is 12.6 Å². The normalized spacial score (nSPS) is 27.1. The van der Waals surface area contributed by atoms with E-state index in [4.69, 9.17) is 5.73 Å². The Bertz CT molecular complexity index is 333. The summed E-state index contributed by atoms with van der Waals surface area (Å²) in [7, 11) is 0. The van der Waals surface area contributed by atoms with E-state index in [0.717, 1.165) is 58.3 Å². The number of hydrogen-bond acceptors (Lipinski definition) is 4. The molecule has 0 saturated carbocycles. The molecule has 1 atom stereocenters. The highest BCUT2D eigenvalue weighted by Gasteiger charge is 2.35. The number of carbonyl (C=O) groups excluding carboxylic acids is 1. The first kappa shape index (κ1) is 15.7. The van der Waals surface area contributed by atoms with Crippen LogP contribution in [0.1, 0.15) is 46.0 Å². The number of primary amides is 1. The summed E-state index contributed by atoms with van der Waals surface area (Å²) in [6.07, 6.45) is 5.04. The summed E-state index contributed by atoms with van der Waals surface area (Å²) in [6.45, 7) is 7.81. The van der Waals surface area contributed by atoms with Crippen molar-refractivity contribution in [2.45, 2.75) is 63.6 Å². The predicted octanol–water partition coefficient (Wildman–Crippen LogP) is 0.562. The van der Waals surface area contributed by atoms with Crippen LogP contribution in [0.4, 0.5) is 0 Å². The van der Waals surface area contributed by atoms with E-state index in [1.165, 1.54) is 0 Å². The smallest absolute Gasteiger partial charge is 0.234 e. The minimum Gasteiger partial charge on any atom is -0.390 e. The van der Waals surface area contributed by atoms with E-state index >= 15 is 0 Å². The summed E-state index contributed by atoms with van der Waals surface area (Å²) in [5, 5.41) is 9.78. The molecule has 0 spiro atoms. The Labute approximate surface area is 122 Å². The number of likely N-dealkylation sites (tertiary alicyclic amines) is 2. The van der Waals surface area contributed by atoms with Gasteiger partial charge in [0.05, 0.1) is 11.6 Å². The fraction of sp³-hybridized carbons (Fsp3) is 0.933. The molecule has 2 heterocycles. The molecule has 0 bridgehead atoms. The lowest BCUT2D eigenvalue weighted by Gasteiger charge is -2.39. The van der Waals surface area contributed by atoms with Gasteiger partial charge in [-0.2, -0.15) is 0 Å². The van der Waals surface area contributed by atoms with Gasteiger partial charge in [0.25, 0.3) is 0 Å². The Morgan fingerprint density at radius 1 is 1.25 bits per heavy atom. The van der Waals surface area contributed by atoms with Gasteiger partial charge in [-0.25, -0.2) is 0 Å². The lowest BCUT2D eigenvalue weighted by atomic mass is 10.00. The van der Waals surface area contributed by atoms with Crippen LogP contribution < -0.4 is 5.73 Å². The van der Waals surface area contributed by atoms with Crippen molar-refractivity contribution in [1.29, 1.82) is 0 Å². The largest absolute Gasteiger partial charge is 0.390 e. The minimum absolute atomic E-state index is 0.0390. The van der Waals surface area contributed by atoms with Gasteiger partial charge in [-0.05, 0) is 65.6 Å². The van der Waals surface area contributed by atoms with Crippen LogP contribution in [0.25, 0.3) is 0 Å². The highest BCUT2D eigenvalue weighted by atomic mass is 16.3. The molecule has 1 amide bonds. The second-order valence-corrected chi connectivity index (χ2v) is 6.93. The summed E-state index contributed by atoms with van der Waals surface area (Å²) in [4.78, 5) is 16.2. The second kappa shape index (κ2) is 6.41. The van der Waals surface area contributed by atoms with Crippen molar-refractivity contribution in [3.8, 4) is 0 Å². The summed E-state index contributed by atoms with van der Waals surface area (Å²) < 4.78 is 0. The van der Waals surface area contributed by atoms with Crippen molar-refractivity contribution in [3.05, 3.63) is 0 Å². The zero-order valence-electron chi connectivity index (χ0n) is 12.8. The maximum absolute atomic E-state index is 11.5. The van der Waals surface area contributed by atoms with Crippen LogP contribution in [0.2, 0.25) is 0 Å². The molecule has 1 unspecified atom stereocenters. The summed E-state index contributed by atoms with van der Waals surface area (Å²) in [6, 6.07) is 0.469. The molecule has 0 aromatic carbocycles. The number of aliphatic hydroxyl groups is 1. The number of carbonyl (C=O) groups is 1. The van der Waals surface area contributed by atoms with E-state index in [9.17, 15) is 9.90 Å². The Hall–Kier alpha value is -0.650. The Morgan fingerprint density at radius 3 is 2.45 bits per heavy atom. The molecule has 0 aliphatic carbocycles. The van der Waals surface area contributed by atoms with E-state index in [-0.39, 0.29) is 11.9 Å². The summed E-state index contributed by atoms with van der Waals surface area (Å²) in [5.41, 5.74) is 4.92. The molecule has 2 saturated heterocycles. The van der Waals surface area contributed by atoms with E-state index in [1.54, 1.807) is 0 Å². The monoisotopic (exact) mass is 283 g/mol. The molecule has 5 nitrogen and oxygen atoms in total. The van der Waals surface area contributed by atoms with Crippen LogP contribution in [0, 0.1) is 0 Å². The van der Waals surface area contributed by atoms with Gasteiger partial charge >= 0.3 is 0 Å². The topological polar surface area (TPSA) is 69.8 Å². The SMILES string of the molecule is CC(C)(O)CCN1CCC(N2CCCC2C(N)=O)CC1. The Kier molecular flexibility index (Phi) is 5.04. The molecule has 3 N–H and O–H groups in total. The molecule has 116 valence electrons. The van der Waals surface area contributed by atoms with Crippen LogP contribution in [-0.2, 0) is 4.79 Å². The highest BCUT2D eigenvalue weighted by Crippen LogP contribution is 2.26. The van der Waals surface area contributed by atoms with Gasteiger partial charge in [-0.1, -0.05) is 0 Å². The fourth-order valence-corrected chi connectivity index (χ4v) is 3.44. The molecule has 2 fully saturated rings. The molecule has 0 aromatic heterocycles. The zero-order valence-corrected chi connectivity index (χ0v) is 12.8. The van der Waals surface area contributed by atoms with Gasteiger partial charge in [-0.3, -0.25) is 9.69 Å². The van der Waals surface area contributed by atoms with Crippen molar-refractivity contribution in [1.82, 2.24) is 9.80 Å². The van der Waals surface area contributed by atoms with Gasteiger partial charge in [0.2, 0.25) is 5.91 Å². The van der Waals surface area contributed by atoms with Gasteiger partial charge < -0.3 is 15.7 Å². The molecule has 2 rings (SSSR count). The number of amides is 1. The van der Waals surface area contributed by atoms with Crippen LogP contribution in [0.15, 0.2) is 0 Å². The van der Waals surface area contributed by atoms with Gasteiger partial charge in [-0.15, -0.1) is 0 Å². The van der Waals surface area contributed by atoms with Crippen molar-refractivity contribution >= 4 is 5.91 Å². The molecule has 0 aromatic rings. The van der Waals surface area contributed by atoms with E-state index in [2.05, 4.69) is 9.80 Å². The molecular weight excluding hydrogens is 254 g/mol. The maximum Gasteiger partial charge on any atom is 0.234 e. The molecule has 20 heavy (non-hydrogen) atoms. The molecule has 5 heteroatoms. The average Bonchev–Trinajstić information content (AvgIpc) is 2.85. The number of hydrogen-bond donors (Lipinski definition) is 2. The summed E-state index contributed by atoms with van der Waals surface area (Å²) in [5.74, 6) is -0.160. The minimum atomic E-state index is -0.580. The van der Waals surface area contributed by atoms with Crippen molar-refractivity contribution < 1.29 is 9.90 Å². The lowest BCUT2D eigenvalue weighted by Crippen LogP contribution is -2.50. The number of nitrogens with zero attached hydrogens (tertiary/aromatic N) is 2. The number of rotatable bonds is 5. The molecule has 0 radical (unpaired) electrons. The Balaban J connectivity index is 1.78. The van der Waals surface area contributed by atoms with Gasteiger partial charge in [0.1, 0.15) is 0 Å². The first-order chi connectivity index (χ1) is 9.37. The Morgan fingerprint density at radius 2 is 1.90 bits per heavy atom. The third kappa shape index (κ3) is 4.17. The van der Waals surface area contributed by atoms with Crippen LogP contribution in [-0.4, -0.2) is 64.7 Å². The average molecular weight is 283 g/mol. The second-order valence-electron chi connectivity index (χ2n) is 6.93. The third-order valence-corrected chi connectivity index (χ3v) is 4.69. The standard InChI is InChI=1S/C15H29N3O2/c1-15(2,20)7-11-17-9-5-12(6-10-17)18-8-3-4-13(18)14(16)19/h12-13,20H,3-11H2,1-2H3,(H2,16,19).